The van der Waals surface area contributed by atoms with E-state index in [0.717, 1.165) is 19.8 Å². The van der Waals surface area contributed by atoms with Crippen molar-refractivity contribution in [3.8, 4) is 0 Å². The quantitative estimate of drug-likeness (QED) is 0.645. The van der Waals surface area contributed by atoms with Crippen molar-refractivity contribution >= 4 is 60.6 Å². The van der Waals surface area contributed by atoms with E-state index in [1.165, 1.54) is 4.70 Å². The summed E-state index contributed by atoms with van der Waals surface area (Å²) < 4.78 is 2.21. The van der Waals surface area contributed by atoms with Crippen LogP contribution in [0, 0.1) is 0 Å². The zero-order chi connectivity index (χ0) is 9.42. The normalized spacial score (nSPS) is 11.0. The molecule has 0 atom stereocenters. The van der Waals surface area contributed by atoms with E-state index in [4.69, 9.17) is 23.2 Å². The Kier molecular flexibility index (Phi) is 2.84. The summed E-state index contributed by atoms with van der Waals surface area (Å²) in [5.74, 6) is 0.477. The summed E-state index contributed by atoms with van der Waals surface area (Å²) in [7, 11) is 0. The van der Waals surface area contributed by atoms with Gasteiger partial charge in [0.1, 0.15) is 0 Å². The number of alkyl halides is 1. The van der Waals surface area contributed by atoms with Gasteiger partial charge >= 0.3 is 0 Å². The number of fused-ring (bicyclic) bond motifs is 1. The highest BCUT2D eigenvalue weighted by atomic mass is 79.9. The summed E-state index contributed by atoms with van der Waals surface area (Å²) in [6.07, 6.45) is 0. The van der Waals surface area contributed by atoms with Crippen LogP contribution in [0.5, 0.6) is 0 Å². The predicted octanol–water partition coefficient (Wildman–Crippen LogP) is 5.06. The van der Waals surface area contributed by atoms with E-state index in [-0.39, 0.29) is 0 Å². The maximum atomic E-state index is 6.16. The Morgan fingerprint density at radius 3 is 2.77 bits per heavy atom. The van der Waals surface area contributed by atoms with E-state index in [2.05, 4.69) is 15.9 Å². The molecule has 0 nitrogen and oxygen atoms in total. The molecule has 0 bridgehead atoms. The van der Waals surface area contributed by atoms with Crippen LogP contribution in [0.2, 0.25) is 5.02 Å². The molecule has 0 unspecified atom stereocenters. The van der Waals surface area contributed by atoms with Crippen LogP contribution in [0.1, 0.15) is 4.88 Å². The van der Waals surface area contributed by atoms with Gasteiger partial charge in [0.25, 0.3) is 0 Å². The Balaban J connectivity index is 2.85. The molecule has 0 aliphatic carbocycles. The summed E-state index contributed by atoms with van der Waals surface area (Å²) in [6, 6.07) is 6.03. The Morgan fingerprint density at radius 2 is 2.15 bits per heavy atom. The van der Waals surface area contributed by atoms with Crippen LogP contribution in [0.3, 0.4) is 0 Å². The molecular weight excluding hydrogens is 291 g/mol. The second-order valence-corrected chi connectivity index (χ2v) is 5.22. The highest BCUT2D eigenvalue weighted by Gasteiger charge is 2.11. The van der Waals surface area contributed by atoms with E-state index in [9.17, 15) is 0 Å². The molecule has 0 amide bonds. The van der Waals surface area contributed by atoms with Crippen molar-refractivity contribution in [3.63, 3.8) is 0 Å². The van der Waals surface area contributed by atoms with Crippen molar-refractivity contribution in [2.24, 2.45) is 0 Å². The van der Waals surface area contributed by atoms with Gasteiger partial charge in [-0.2, -0.15) is 0 Å². The zero-order valence-electron chi connectivity index (χ0n) is 6.48. The Hall–Kier alpha value is 0.240. The number of hydrogen-bond acceptors (Lipinski definition) is 1. The Bertz CT molecular complexity index is 450. The number of rotatable bonds is 1. The molecule has 0 aliphatic heterocycles. The van der Waals surface area contributed by atoms with Gasteiger partial charge in [-0.25, -0.2) is 0 Å². The summed E-state index contributed by atoms with van der Waals surface area (Å²) in [6.45, 7) is 0. The van der Waals surface area contributed by atoms with E-state index in [0.29, 0.717) is 5.88 Å². The van der Waals surface area contributed by atoms with Crippen LogP contribution in [-0.2, 0) is 5.88 Å². The fourth-order valence-electron chi connectivity index (χ4n) is 1.21. The fourth-order valence-corrected chi connectivity index (χ4v) is 3.80. The fraction of sp³-hybridized carbons (Fsp3) is 0.111. The molecule has 2 rings (SSSR count). The molecule has 0 saturated heterocycles. The third-order valence-corrected chi connectivity index (χ3v) is 4.56. The van der Waals surface area contributed by atoms with Crippen LogP contribution in [-0.4, -0.2) is 0 Å². The van der Waals surface area contributed by atoms with Crippen molar-refractivity contribution in [2.45, 2.75) is 5.88 Å². The van der Waals surface area contributed by atoms with Crippen LogP contribution < -0.4 is 0 Å². The lowest BCUT2D eigenvalue weighted by molar-refractivity contribution is 1.54. The minimum absolute atomic E-state index is 0.477. The second-order valence-electron chi connectivity index (χ2n) is 2.59. The van der Waals surface area contributed by atoms with Gasteiger partial charge < -0.3 is 0 Å². The molecule has 1 aromatic carbocycles. The van der Waals surface area contributed by atoms with Crippen LogP contribution in [0.25, 0.3) is 10.1 Å². The molecule has 2 aromatic rings. The van der Waals surface area contributed by atoms with Crippen molar-refractivity contribution in [3.05, 3.63) is 32.6 Å². The topological polar surface area (TPSA) is 0 Å². The number of hydrogen-bond donors (Lipinski definition) is 0. The van der Waals surface area contributed by atoms with Gasteiger partial charge in [0, 0.05) is 19.4 Å². The summed E-state index contributed by atoms with van der Waals surface area (Å²) in [4.78, 5) is 1.03. The number of thiophene rings is 1. The standard InChI is InChI=1S/C9H5BrCl2S/c10-5-2-1-3-6-8(5)9(12)7(4-11)13-6/h1-3H,4H2. The van der Waals surface area contributed by atoms with Crippen molar-refractivity contribution < 1.29 is 0 Å². The van der Waals surface area contributed by atoms with Gasteiger partial charge in [-0.3, -0.25) is 0 Å². The highest BCUT2D eigenvalue weighted by molar-refractivity contribution is 9.10. The molecule has 0 fully saturated rings. The maximum absolute atomic E-state index is 6.16. The zero-order valence-corrected chi connectivity index (χ0v) is 10.4. The minimum atomic E-state index is 0.477. The van der Waals surface area contributed by atoms with E-state index in [1.54, 1.807) is 11.3 Å². The summed E-state index contributed by atoms with van der Waals surface area (Å²) in [5, 5.41) is 1.85. The van der Waals surface area contributed by atoms with Crippen LogP contribution in [0.4, 0.5) is 0 Å². The summed E-state index contributed by atoms with van der Waals surface area (Å²) in [5.41, 5.74) is 0. The van der Waals surface area contributed by atoms with Crippen molar-refractivity contribution in [2.75, 3.05) is 0 Å². The van der Waals surface area contributed by atoms with E-state index < -0.39 is 0 Å². The minimum Gasteiger partial charge on any atom is -0.137 e. The smallest absolute Gasteiger partial charge is 0.0647 e. The molecule has 13 heavy (non-hydrogen) atoms. The Morgan fingerprint density at radius 1 is 1.38 bits per heavy atom. The lowest BCUT2D eigenvalue weighted by Gasteiger charge is -1.93. The molecule has 68 valence electrons. The van der Waals surface area contributed by atoms with Crippen LogP contribution >= 0.6 is 50.5 Å². The lowest BCUT2D eigenvalue weighted by atomic mass is 10.2. The van der Waals surface area contributed by atoms with Crippen molar-refractivity contribution in [1.29, 1.82) is 0 Å². The van der Waals surface area contributed by atoms with Crippen molar-refractivity contribution in [1.82, 2.24) is 0 Å². The number of halogens is 3. The molecule has 0 spiro atoms. The number of benzene rings is 1. The first-order valence-corrected chi connectivity index (χ1v) is 6.17. The molecule has 0 saturated carbocycles. The molecule has 0 radical (unpaired) electrons. The van der Waals surface area contributed by atoms with E-state index >= 15 is 0 Å². The molecule has 0 aliphatic rings. The molecule has 4 heteroatoms. The highest BCUT2D eigenvalue weighted by Crippen LogP contribution is 2.39. The van der Waals surface area contributed by atoms with Gasteiger partial charge in [0.2, 0.25) is 0 Å². The monoisotopic (exact) mass is 294 g/mol. The third kappa shape index (κ3) is 1.61. The molecule has 1 heterocycles. The third-order valence-electron chi connectivity index (χ3n) is 1.79. The summed E-state index contributed by atoms with van der Waals surface area (Å²) >= 11 is 17.0. The lowest BCUT2D eigenvalue weighted by Crippen LogP contribution is -1.69. The van der Waals surface area contributed by atoms with Gasteiger partial charge in [-0.15, -0.1) is 22.9 Å². The first-order valence-electron chi connectivity index (χ1n) is 3.65. The van der Waals surface area contributed by atoms with Crippen LogP contribution in [0.15, 0.2) is 22.7 Å². The van der Waals surface area contributed by atoms with Gasteiger partial charge in [-0.1, -0.05) is 33.6 Å². The Labute approximate surface area is 98.6 Å². The van der Waals surface area contributed by atoms with Gasteiger partial charge in [0.05, 0.1) is 10.9 Å². The first-order chi connectivity index (χ1) is 6.24. The average molecular weight is 296 g/mol. The molecular formula is C9H5BrCl2S. The van der Waals surface area contributed by atoms with Gasteiger partial charge in [-0.05, 0) is 12.1 Å². The second kappa shape index (κ2) is 3.77. The maximum Gasteiger partial charge on any atom is 0.0647 e. The van der Waals surface area contributed by atoms with E-state index in [1.807, 2.05) is 18.2 Å². The SMILES string of the molecule is ClCc1sc2cccc(Br)c2c1Cl. The predicted molar refractivity (Wildman–Crippen MR) is 64.1 cm³/mol. The first kappa shape index (κ1) is 9.78. The molecule has 0 N–H and O–H groups in total. The largest absolute Gasteiger partial charge is 0.137 e. The molecule has 1 aromatic heterocycles. The van der Waals surface area contributed by atoms with Gasteiger partial charge in [0.15, 0.2) is 0 Å². The average Bonchev–Trinajstić information content (AvgIpc) is 2.44.